The van der Waals surface area contributed by atoms with E-state index in [9.17, 15) is 19.2 Å². The third-order valence-electron chi connectivity index (χ3n) is 4.79. The van der Waals surface area contributed by atoms with E-state index in [1.807, 2.05) is 0 Å². The number of carbonyl (C=O) groups excluding carboxylic acids is 1. The van der Waals surface area contributed by atoms with Gasteiger partial charge in [-0.15, -0.1) is 0 Å². The molecule has 0 aliphatic rings. The number of benzene rings is 1. The maximum Gasteiger partial charge on any atom is 1.00 e. The third kappa shape index (κ3) is 7.70. The van der Waals surface area contributed by atoms with Crippen LogP contribution in [0.4, 0.5) is 5.95 Å². The van der Waals surface area contributed by atoms with Crippen LogP contribution in [0, 0.1) is 0 Å². The number of aromatic nitrogens is 3. The summed E-state index contributed by atoms with van der Waals surface area (Å²) in [5.41, 5.74) is 7.59. The van der Waals surface area contributed by atoms with E-state index in [-0.39, 0.29) is 91.9 Å². The first-order chi connectivity index (χ1) is 14.7. The molecule has 2 heterocycles. The summed E-state index contributed by atoms with van der Waals surface area (Å²) in [5, 5.41) is 20.6. The van der Waals surface area contributed by atoms with Gasteiger partial charge in [0.1, 0.15) is 11.7 Å². The number of nitrogens with one attached hydrogen (secondary N) is 3. The van der Waals surface area contributed by atoms with Gasteiger partial charge in [-0.2, -0.15) is 4.98 Å². The van der Waals surface area contributed by atoms with E-state index in [1.165, 1.54) is 0 Å². The minimum absolute atomic E-state index is 0. The van der Waals surface area contributed by atoms with E-state index < -0.39 is 23.9 Å². The number of nitrogen functional groups attached to an aromatic ring is 1. The molecule has 0 aliphatic carbocycles. The van der Waals surface area contributed by atoms with Crippen LogP contribution < -0.4 is 75.7 Å². The Hall–Kier alpha value is -2.15. The number of carbonyl (C=O) groups is 3. The molecule has 0 spiro atoms. The van der Waals surface area contributed by atoms with Crippen molar-refractivity contribution in [3.05, 3.63) is 57.5 Å². The van der Waals surface area contributed by atoms with Crippen molar-refractivity contribution in [3.63, 3.8) is 0 Å². The monoisotopic (exact) mass is 475 g/mol. The molecule has 7 N–H and O–H groups in total. The van der Waals surface area contributed by atoms with Crippen molar-refractivity contribution in [1.29, 1.82) is 0 Å². The van der Waals surface area contributed by atoms with Crippen molar-refractivity contribution in [3.8, 4) is 0 Å². The Morgan fingerprint density at radius 1 is 1.12 bits per heavy atom. The van der Waals surface area contributed by atoms with Crippen LogP contribution in [0.5, 0.6) is 0 Å². The number of amides is 1. The Kier molecular flexibility index (Phi) is 11.3. The zero-order chi connectivity index (χ0) is 22.5. The smallest absolute Gasteiger partial charge is 1.00 e. The Labute approximate surface area is 235 Å². The minimum Gasteiger partial charge on any atom is -1.00 e. The summed E-state index contributed by atoms with van der Waals surface area (Å²) in [6.45, 7) is 0. The van der Waals surface area contributed by atoms with Gasteiger partial charge in [0.25, 0.3) is 11.5 Å². The number of hydrogen-bond donors (Lipinski definition) is 6. The van der Waals surface area contributed by atoms with Crippen LogP contribution in [0.15, 0.2) is 35.3 Å². The van der Waals surface area contributed by atoms with Crippen LogP contribution in [0.3, 0.4) is 0 Å². The van der Waals surface area contributed by atoms with Crippen molar-refractivity contribution < 1.29 is 86.6 Å². The zero-order valence-corrected chi connectivity index (χ0v) is 22.3. The van der Waals surface area contributed by atoms with Crippen LogP contribution in [-0.4, -0.2) is 49.1 Å². The molecular weight excluding hydrogens is 452 g/mol. The Balaban J connectivity index is 0. The first kappa shape index (κ1) is 28.9. The average Bonchev–Trinajstić information content (AvgIpc) is 3.12. The molecule has 3 rings (SSSR count). The number of aromatic amines is 2. The van der Waals surface area contributed by atoms with Crippen LogP contribution >= 0.6 is 0 Å². The van der Waals surface area contributed by atoms with E-state index in [2.05, 4.69) is 20.3 Å². The van der Waals surface area contributed by atoms with Crippen molar-refractivity contribution in [2.24, 2.45) is 0 Å². The SMILES string of the molecule is Nc1nc2[nH]cc(CCc3ccc(C(=O)N[C@@H](CCC(=O)O)C(=O)O)cc3)c2c(=O)[nH]1.[H-].[H-].[Na+].[Na+]. The van der Waals surface area contributed by atoms with E-state index in [4.69, 9.17) is 15.9 Å². The Morgan fingerprint density at radius 2 is 1.79 bits per heavy atom. The number of aryl methyl sites for hydroxylation is 2. The minimum atomic E-state index is -1.30. The molecule has 13 heteroatoms. The number of nitrogens with two attached hydrogens (primary N) is 1. The van der Waals surface area contributed by atoms with Gasteiger partial charge in [0.15, 0.2) is 0 Å². The van der Waals surface area contributed by atoms with Gasteiger partial charge in [-0.05, 0) is 42.5 Å². The molecule has 3 aromatic rings. The van der Waals surface area contributed by atoms with Gasteiger partial charge >= 0.3 is 71.1 Å². The normalized spacial score (nSPS) is 11.2. The fraction of sp³-hybridized carbons (Fsp3) is 0.250. The van der Waals surface area contributed by atoms with E-state index in [0.717, 1.165) is 11.1 Å². The number of aliphatic carboxylic acids is 2. The third-order valence-corrected chi connectivity index (χ3v) is 4.79. The van der Waals surface area contributed by atoms with E-state index in [1.54, 1.807) is 30.5 Å². The van der Waals surface area contributed by atoms with Gasteiger partial charge in [0, 0.05) is 18.2 Å². The first-order valence-electron chi connectivity index (χ1n) is 9.44. The molecule has 1 amide bonds. The van der Waals surface area contributed by atoms with E-state index >= 15 is 0 Å². The number of rotatable bonds is 9. The summed E-state index contributed by atoms with van der Waals surface area (Å²) in [4.78, 5) is 55.7. The Bertz CT molecular complexity index is 1200. The molecule has 0 radical (unpaired) electrons. The second-order valence-electron chi connectivity index (χ2n) is 6.98. The van der Waals surface area contributed by atoms with Crippen LogP contribution in [-0.2, 0) is 22.4 Å². The summed E-state index contributed by atoms with van der Waals surface area (Å²) < 4.78 is 0. The predicted octanol–water partition coefficient (Wildman–Crippen LogP) is -5.10. The molecule has 1 atom stereocenters. The van der Waals surface area contributed by atoms with Gasteiger partial charge in [0.05, 0.1) is 5.39 Å². The summed E-state index contributed by atoms with van der Waals surface area (Å²) in [6.07, 6.45) is 2.27. The summed E-state index contributed by atoms with van der Waals surface area (Å²) in [6, 6.07) is 5.30. The molecular formula is C20H23N5Na2O6. The molecule has 0 bridgehead atoms. The van der Waals surface area contributed by atoms with Crippen molar-refractivity contribution in [2.45, 2.75) is 31.7 Å². The summed E-state index contributed by atoms with van der Waals surface area (Å²) in [5.74, 6) is -3.00. The maximum atomic E-state index is 12.3. The van der Waals surface area contributed by atoms with Gasteiger partial charge in [-0.25, -0.2) is 4.79 Å². The molecule has 166 valence electrons. The average molecular weight is 475 g/mol. The molecule has 0 aliphatic heterocycles. The fourth-order valence-corrected chi connectivity index (χ4v) is 3.19. The largest absolute Gasteiger partial charge is 1.00 e. The number of fused-ring (bicyclic) bond motifs is 1. The summed E-state index contributed by atoms with van der Waals surface area (Å²) >= 11 is 0. The number of anilines is 1. The number of nitrogens with zero attached hydrogens (tertiary/aromatic N) is 1. The van der Waals surface area contributed by atoms with Gasteiger partial charge in [-0.1, -0.05) is 12.1 Å². The molecule has 1 aromatic carbocycles. The van der Waals surface area contributed by atoms with Gasteiger partial charge in [0.2, 0.25) is 5.95 Å². The number of carboxylic acid groups (broad SMARTS) is 2. The van der Waals surface area contributed by atoms with Gasteiger partial charge < -0.3 is 29.1 Å². The molecule has 33 heavy (non-hydrogen) atoms. The Morgan fingerprint density at radius 3 is 2.39 bits per heavy atom. The number of hydrogen-bond acceptors (Lipinski definition) is 6. The zero-order valence-electron chi connectivity index (χ0n) is 20.3. The predicted molar refractivity (Wildman–Crippen MR) is 113 cm³/mol. The molecule has 0 saturated heterocycles. The standard InChI is InChI=1S/C20H21N5O6.2Na.2H/c21-20-24-16-15(18(29)25-20)12(9-22-16)6-3-10-1-4-11(5-2-10)17(28)23-13(19(30)31)7-8-14(26)27;;;;/h1-2,4-5,9,13H,3,6-8H2,(H,23,28)(H,26,27)(H,30,31)(H4,21,22,24,25,29);;;;/q;2*+1;2*-1/t13-;;;;/m0..../s1. The number of carboxylic acids is 2. The first-order valence-corrected chi connectivity index (χ1v) is 9.44. The molecule has 11 nitrogen and oxygen atoms in total. The topological polar surface area (TPSA) is 191 Å². The van der Waals surface area contributed by atoms with Gasteiger partial charge in [-0.3, -0.25) is 19.4 Å². The quantitative estimate of drug-likeness (QED) is 0.166. The molecule has 0 unspecified atom stereocenters. The van der Waals surface area contributed by atoms with Crippen molar-refractivity contribution in [1.82, 2.24) is 20.3 Å². The second kappa shape index (κ2) is 12.9. The van der Waals surface area contributed by atoms with Crippen molar-refractivity contribution >= 4 is 34.8 Å². The molecule has 0 fully saturated rings. The van der Waals surface area contributed by atoms with E-state index in [0.29, 0.717) is 23.9 Å². The maximum absolute atomic E-state index is 12.3. The summed E-state index contributed by atoms with van der Waals surface area (Å²) in [7, 11) is 0. The van der Waals surface area contributed by atoms with Crippen LogP contribution in [0.1, 0.15) is 37.2 Å². The fourth-order valence-electron chi connectivity index (χ4n) is 3.19. The van der Waals surface area contributed by atoms with Crippen LogP contribution in [0.25, 0.3) is 11.0 Å². The number of H-pyrrole nitrogens is 2. The second-order valence-corrected chi connectivity index (χ2v) is 6.98. The molecule has 2 aromatic heterocycles. The molecule has 0 saturated carbocycles. The van der Waals surface area contributed by atoms with Crippen molar-refractivity contribution in [2.75, 3.05) is 5.73 Å². The van der Waals surface area contributed by atoms with Crippen LogP contribution in [0.2, 0.25) is 0 Å².